The number of fused-ring (bicyclic) bond motifs is 1. The van der Waals surface area contributed by atoms with E-state index in [1.165, 1.54) is 28.0 Å². The van der Waals surface area contributed by atoms with Gasteiger partial charge < -0.3 is 0 Å². The van der Waals surface area contributed by atoms with Crippen molar-refractivity contribution in [3.05, 3.63) is 45.8 Å². The van der Waals surface area contributed by atoms with Gasteiger partial charge in [0.05, 0.1) is 0 Å². The van der Waals surface area contributed by atoms with Crippen LogP contribution in [0.2, 0.25) is 0 Å². The van der Waals surface area contributed by atoms with Crippen molar-refractivity contribution in [3.8, 4) is 0 Å². The lowest BCUT2D eigenvalue weighted by molar-refractivity contribution is 1.09. The lowest BCUT2D eigenvalue weighted by Crippen LogP contribution is -2.22. The second-order valence-corrected chi connectivity index (χ2v) is 4.35. The standard InChI is InChI=1S/C13H14.C3H8/c1-10-7-8-12-5-3-4-6-13(12)9-11(10)2;1-3-2/h3-6,8-9H,7H2,1-2H3;3H2,1-2H3. The zero-order chi connectivity index (χ0) is 12.0. The third kappa shape index (κ3) is 3.37. The van der Waals surface area contributed by atoms with Crippen LogP contribution in [0.3, 0.4) is 0 Å². The fraction of sp³-hybridized carbons (Fsp3) is 0.375. The summed E-state index contributed by atoms with van der Waals surface area (Å²) in [5.74, 6) is 0. The van der Waals surface area contributed by atoms with Crippen LogP contribution in [0.5, 0.6) is 0 Å². The molecule has 0 saturated heterocycles. The summed E-state index contributed by atoms with van der Waals surface area (Å²) in [6.45, 7) is 8.64. The second kappa shape index (κ2) is 6.32. The van der Waals surface area contributed by atoms with Crippen LogP contribution in [-0.2, 0) is 0 Å². The molecule has 1 aliphatic rings. The van der Waals surface area contributed by atoms with Crippen LogP contribution < -0.4 is 10.4 Å². The summed E-state index contributed by atoms with van der Waals surface area (Å²) < 4.78 is 0. The summed E-state index contributed by atoms with van der Waals surface area (Å²) in [6.07, 6.45) is 6.91. The fourth-order valence-corrected chi connectivity index (χ4v) is 1.61. The topological polar surface area (TPSA) is 0 Å². The van der Waals surface area contributed by atoms with E-state index < -0.39 is 0 Å². The predicted molar refractivity (Wildman–Crippen MR) is 73.6 cm³/mol. The van der Waals surface area contributed by atoms with E-state index in [1.807, 2.05) is 0 Å². The van der Waals surface area contributed by atoms with Crippen molar-refractivity contribution in [3.63, 3.8) is 0 Å². The first kappa shape index (κ1) is 12.8. The minimum Gasteiger partial charge on any atom is -0.0726 e. The number of allylic oxidation sites excluding steroid dienone is 2. The van der Waals surface area contributed by atoms with Gasteiger partial charge in [0.15, 0.2) is 0 Å². The molecule has 0 heterocycles. The molecule has 0 N–H and O–H groups in total. The van der Waals surface area contributed by atoms with Gasteiger partial charge in [-0.25, -0.2) is 0 Å². The predicted octanol–water partition coefficient (Wildman–Crippen LogP) is 3.40. The summed E-state index contributed by atoms with van der Waals surface area (Å²) in [4.78, 5) is 0. The number of rotatable bonds is 0. The maximum atomic E-state index is 2.30. The van der Waals surface area contributed by atoms with E-state index in [-0.39, 0.29) is 0 Å². The van der Waals surface area contributed by atoms with E-state index >= 15 is 0 Å². The molecule has 0 nitrogen and oxygen atoms in total. The monoisotopic (exact) mass is 214 g/mol. The number of hydrogen-bond donors (Lipinski definition) is 0. The molecule has 2 rings (SSSR count). The molecule has 1 aromatic rings. The van der Waals surface area contributed by atoms with Gasteiger partial charge in [0.25, 0.3) is 0 Å². The molecule has 0 radical (unpaired) electrons. The first-order valence-corrected chi connectivity index (χ1v) is 6.12. The van der Waals surface area contributed by atoms with Crippen molar-refractivity contribution in [2.45, 2.75) is 40.5 Å². The van der Waals surface area contributed by atoms with Crippen LogP contribution >= 0.6 is 0 Å². The second-order valence-electron chi connectivity index (χ2n) is 4.35. The zero-order valence-corrected chi connectivity index (χ0v) is 10.9. The minimum atomic E-state index is 1.08. The van der Waals surface area contributed by atoms with E-state index in [2.05, 4.69) is 64.1 Å². The van der Waals surface area contributed by atoms with Gasteiger partial charge in [-0.2, -0.15) is 0 Å². The molecule has 1 aliphatic carbocycles. The van der Waals surface area contributed by atoms with Crippen molar-refractivity contribution in [1.29, 1.82) is 0 Å². The largest absolute Gasteiger partial charge is 0.0726 e. The quantitative estimate of drug-likeness (QED) is 0.621. The van der Waals surface area contributed by atoms with Gasteiger partial charge in [-0.05, 0) is 30.7 Å². The Bertz CT molecular complexity index is 475. The van der Waals surface area contributed by atoms with Gasteiger partial charge in [0.1, 0.15) is 0 Å². The van der Waals surface area contributed by atoms with E-state index in [4.69, 9.17) is 0 Å². The first-order chi connectivity index (χ1) is 7.69. The highest BCUT2D eigenvalue weighted by molar-refractivity contribution is 5.52. The lowest BCUT2D eigenvalue weighted by atomic mass is 10.1. The molecule has 0 unspecified atom stereocenters. The third-order valence-corrected chi connectivity index (χ3v) is 2.67. The number of hydrogen-bond acceptors (Lipinski definition) is 0. The Balaban J connectivity index is 0.000000386. The van der Waals surface area contributed by atoms with Gasteiger partial charge in [0, 0.05) is 0 Å². The van der Waals surface area contributed by atoms with Crippen LogP contribution in [0.4, 0.5) is 0 Å². The molecule has 0 amide bonds. The molecule has 16 heavy (non-hydrogen) atoms. The summed E-state index contributed by atoms with van der Waals surface area (Å²) in [5.41, 5.74) is 2.87. The Morgan fingerprint density at radius 3 is 2.19 bits per heavy atom. The molecule has 0 spiro atoms. The zero-order valence-electron chi connectivity index (χ0n) is 10.9. The highest BCUT2D eigenvalue weighted by atomic mass is 14.0. The first-order valence-electron chi connectivity index (χ1n) is 6.12. The lowest BCUT2D eigenvalue weighted by Gasteiger charge is -1.96. The van der Waals surface area contributed by atoms with E-state index in [0.29, 0.717) is 0 Å². The van der Waals surface area contributed by atoms with Crippen LogP contribution in [0.1, 0.15) is 40.5 Å². The molecule has 0 aliphatic heterocycles. The highest BCUT2D eigenvalue weighted by Crippen LogP contribution is 2.10. The van der Waals surface area contributed by atoms with E-state index in [9.17, 15) is 0 Å². The van der Waals surface area contributed by atoms with Gasteiger partial charge in [-0.15, -0.1) is 0 Å². The Morgan fingerprint density at radius 1 is 1.00 bits per heavy atom. The molecule has 86 valence electrons. The fourth-order valence-electron chi connectivity index (χ4n) is 1.61. The molecule has 0 saturated carbocycles. The van der Waals surface area contributed by atoms with Crippen molar-refractivity contribution in [1.82, 2.24) is 0 Å². The maximum absolute atomic E-state index is 2.30. The van der Waals surface area contributed by atoms with Crippen molar-refractivity contribution in [2.24, 2.45) is 0 Å². The van der Waals surface area contributed by atoms with Crippen LogP contribution in [0.15, 0.2) is 35.4 Å². The summed E-state index contributed by atoms with van der Waals surface area (Å²) in [6, 6.07) is 8.54. The molecule has 1 aromatic carbocycles. The van der Waals surface area contributed by atoms with Gasteiger partial charge in [-0.1, -0.05) is 67.8 Å². The van der Waals surface area contributed by atoms with Crippen LogP contribution in [-0.4, -0.2) is 0 Å². The molecular formula is C16H22. The van der Waals surface area contributed by atoms with Crippen molar-refractivity contribution >= 4 is 12.2 Å². The van der Waals surface area contributed by atoms with Crippen molar-refractivity contribution in [2.75, 3.05) is 0 Å². The average Bonchev–Trinajstić information content (AvgIpc) is 2.41. The van der Waals surface area contributed by atoms with Crippen LogP contribution in [0.25, 0.3) is 12.2 Å². The molecule has 0 heteroatoms. The molecule has 0 fully saturated rings. The van der Waals surface area contributed by atoms with Gasteiger partial charge >= 0.3 is 0 Å². The molecule has 0 atom stereocenters. The Hall–Kier alpha value is -1.30. The van der Waals surface area contributed by atoms with E-state index in [1.54, 1.807) is 0 Å². The van der Waals surface area contributed by atoms with Crippen molar-refractivity contribution < 1.29 is 0 Å². The average molecular weight is 214 g/mol. The normalized spacial score (nSPS) is 13.8. The maximum Gasteiger partial charge on any atom is -0.0127 e. The Kier molecular flexibility index (Phi) is 5.04. The highest BCUT2D eigenvalue weighted by Gasteiger charge is 1.96. The van der Waals surface area contributed by atoms with Gasteiger partial charge in [0.2, 0.25) is 0 Å². The smallest absolute Gasteiger partial charge is 0.0127 e. The van der Waals surface area contributed by atoms with E-state index in [0.717, 1.165) is 6.42 Å². The molecule has 0 aromatic heterocycles. The summed E-state index contributed by atoms with van der Waals surface area (Å²) in [5, 5.41) is 2.70. The SMILES string of the molecule is CC1=C(C)CC=c2ccccc2=C1.CCC. The third-order valence-electron chi connectivity index (χ3n) is 2.67. The number of benzene rings is 1. The summed E-state index contributed by atoms with van der Waals surface area (Å²) >= 11 is 0. The summed E-state index contributed by atoms with van der Waals surface area (Å²) in [7, 11) is 0. The minimum absolute atomic E-state index is 1.08. The molecular weight excluding hydrogens is 192 g/mol. The Morgan fingerprint density at radius 2 is 1.56 bits per heavy atom. The Labute approximate surface area is 99.0 Å². The van der Waals surface area contributed by atoms with Gasteiger partial charge in [-0.3, -0.25) is 0 Å². The van der Waals surface area contributed by atoms with Crippen LogP contribution in [0, 0.1) is 0 Å². The molecule has 0 bridgehead atoms.